The fraction of sp³-hybridized carbons (Fsp3) is 0.394. The lowest BCUT2D eigenvalue weighted by Gasteiger charge is -2.29. The molecule has 0 fully saturated rings. The normalized spacial score (nSPS) is 16.9. The standard InChI is InChI=1S/C33H40N2O5/c1-33(2,3)40-32(39)35-29(20-22-9-5-4-6-10-22)30(37)21-25(19-23-13-16-26(36)17-14-23)31(38)34-28-18-15-24-11-7-8-12-27(24)28/h4-14,16-17,25,28-30,36-37H,15,18-21H2,1-3H3,(H,34,38)(H,35,39)/t25-,28+,29+,30+/m1/s1. The third-order valence-electron chi connectivity index (χ3n) is 7.23. The Kier molecular flexibility index (Phi) is 9.48. The number of fused-ring (bicyclic) bond motifs is 1. The van der Waals surface area contributed by atoms with Gasteiger partial charge in [-0.3, -0.25) is 4.79 Å². The Labute approximate surface area is 236 Å². The fourth-order valence-corrected chi connectivity index (χ4v) is 5.26. The summed E-state index contributed by atoms with van der Waals surface area (Å²) < 4.78 is 5.47. The SMILES string of the molecule is CC(C)(C)OC(=O)N[C@@H](Cc1ccccc1)[C@@H](O)C[C@@H](Cc1ccc(O)cc1)C(=O)N[C@H]1CCc2ccccc21. The Balaban J connectivity index is 1.54. The van der Waals surface area contributed by atoms with Gasteiger partial charge in [0.05, 0.1) is 18.2 Å². The predicted octanol–water partition coefficient (Wildman–Crippen LogP) is 5.24. The number of aliphatic hydroxyl groups excluding tert-OH is 1. The van der Waals surface area contributed by atoms with Crippen LogP contribution in [0.25, 0.3) is 0 Å². The molecule has 212 valence electrons. The number of nitrogens with one attached hydrogen (secondary N) is 2. The highest BCUT2D eigenvalue weighted by Gasteiger charge is 2.32. The number of hydrogen-bond donors (Lipinski definition) is 4. The van der Waals surface area contributed by atoms with E-state index in [0.717, 1.165) is 29.5 Å². The maximum absolute atomic E-state index is 13.7. The lowest BCUT2D eigenvalue weighted by Crippen LogP contribution is -2.48. The molecule has 4 atom stereocenters. The predicted molar refractivity (Wildman–Crippen MR) is 155 cm³/mol. The Morgan fingerprint density at radius 3 is 2.27 bits per heavy atom. The second-order valence-corrected chi connectivity index (χ2v) is 11.6. The summed E-state index contributed by atoms with van der Waals surface area (Å²) in [6.45, 7) is 5.36. The molecule has 40 heavy (non-hydrogen) atoms. The van der Waals surface area contributed by atoms with Crippen LogP contribution in [-0.4, -0.2) is 40.0 Å². The van der Waals surface area contributed by atoms with Crippen LogP contribution < -0.4 is 10.6 Å². The molecule has 4 rings (SSSR count). The Bertz CT molecular complexity index is 1270. The number of aliphatic hydroxyl groups is 1. The van der Waals surface area contributed by atoms with Crippen LogP contribution in [-0.2, 0) is 28.8 Å². The van der Waals surface area contributed by atoms with Crippen LogP contribution in [0.1, 0.15) is 61.9 Å². The van der Waals surface area contributed by atoms with Crippen molar-refractivity contribution in [1.29, 1.82) is 0 Å². The van der Waals surface area contributed by atoms with Gasteiger partial charge in [0.25, 0.3) is 0 Å². The summed E-state index contributed by atoms with van der Waals surface area (Å²) in [7, 11) is 0. The number of ether oxygens (including phenoxy) is 1. The quantitative estimate of drug-likeness (QED) is 0.279. The summed E-state index contributed by atoms with van der Waals surface area (Å²) in [4.78, 5) is 26.4. The minimum atomic E-state index is -1.02. The van der Waals surface area contributed by atoms with Crippen LogP contribution in [0, 0.1) is 5.92 Å². The molecule has 1 aliphatic rings. The number of benzene rings is 3. The molecule has 0 saturated carbocycles. The van der Waals surface area contributed by atoms with E-state index in [9.17, 15) is 19.8 Å². The molecule has 1 aliphatic carbocycles. The van der Waals surface area contributed by atoms with Crippen LogP contribution >= 0.6 is 0 Å². The monoisotopic (exact) mass is 544 g/mol. The Hall–Kier alpha value is -3.84. The number of carbonyl (C=O) groups excluding carboxylic acids is 2. The summed E-state index contributed by atoms with van der Waals surface area (Å²) in [5.41, 5.74) is 3.51. The fourth-order valence-electron chi connectivity index (χ4n) is 5.26. The molecule has 3 aromatic carbocycles. The van der Waals surface area contributed by atoms with Gasteiger partial charge in [0.15, 0.2) is 0 Å². The highest BCUT2D eigenvalue weighted by Crippen LogP contribution is 2.31. The number of phenols is 1. The van der Waals surface area contributed by atoms with Gasteiger partial charge in [-0.25, -0.2) is 4.79 Å². The first-order chi connectivity index (χ1) is 19.1. The van der Waals surface area contributed by atoms with E-state index in [4.69, 9.17) is 4.74 Å². The maximum Gasteiger partial charge on any atom is 0.407 e. The minimum absolute atomic E-state index is 0.0804. The number of aromatic hydroxyl groups is 1. The van der Waals surface area contributed by atoms with Gasteiger partial charge in [0.1, 0.15) is 11.4 Å². The molecule has 0 spiro atoms. The first kappa shape index (κ1) is 29.2. The smallest absolute Gasteiger partial charge is 0.407 e. The molecule has 0 bridgehead atoms. The zero-order valence-electron chi connectivity index (χ0n) is 23.5. The summed E-state index contributed by atoms with van der Waals surface area (Å²) >= 11 is 0. The number of carbonyl (C=O) groups is 2. The molecular weight excluding hydrogens is 504 g/mol. The third kappa shape index (κ3) is 8.33. The van der Waals surface area contributed by atoms with Crippen LogP contribution in [0.4, 0.5) is 4.79 Å². The molecule has 0 saturated heterocycles. The number of aryl methyl sites for hydroxylation is 1. The zero-order chi connectivity index (χ0) is 28.7. The van der Waals surface area contributed by atoms with Gasteiger partial charge < -0.3 is 25.6 Å². The van der Waals surface area contributed by atoms with Gasteiger partial charge in [-0.05, 0) is 87.3 Å². The summed E-state index contributed by atoms with van der Waals surface area (Å²) in [6, 6.07) is 23.8. The van der Waals surface area contributed by atoms with E-state index in [0.29, 0.717) is 12.8 Å². The average Bonchev–Trinajstić information content (AvgIpc) is 3.31. The number of hydrogen-bond acceptors (Lipinski definition) is 5. The summed E-state index contributed by atoms with van der Waals surface area (Å²) in [5, 5.41) is 27.3. The highest BCUT2D eigenvalue weighted by atomic mass is 16.6. The van der Waals surface area contributed by atoms with Gasteiger partial charge in [-0.2, -0.15) is 0 Å². The van der Waals surface area contributed by atoms with E-state index in [1.54, 1.807) is 45.0 Å². The number of amides is 2. The number of alkyl carbamates (subject to hydrolysis) is 1. The highest BCUT2D eigenvalue weighted by molar-refractivity contribution is 5.79. The van der Waals surface area contributed by atoms with Gasteiger partial charge in [-0.1, -0.05) is 66.7 Å². The second kappa shape index (κ2) is 13.0. The van der Waals surface area contributed by atoms with Gasteiger partial charge in [0.2, 0.25) is 5.91 Å². The van der Waals surface area contributed by atoms with Gasteiger partial charge >= 0.3 is 6.09 Å². The lowest BCUT2D eigenvalue weighted by molar-refractivity contribution is -0.127. The van der Waals surface area contributed by atoms with Crippen molar-refractivity contribution in [2.45, 2.75) is 76.7 Å². The summed E-state index contributed by atoms with van der Waals surface area (Å²) in [6.07, 6.45) is 0.995. The van der Waals surface area contributed by atoms with Crippen molar-refractivity contribution in [3.05, 3.63) is 101 Å². The molecular formula is C33H40N2O5. The molecule has 0 unspecified atom stereocenters. The Morgan fingerprint density at radius 1 is 0.925 bits per heavy atom. The van der Waals surface area contributed by atoms with Crippen LogP contribution in [0.5, 0.6) is 5.75 Å². The van der Waals surface area contributed by atoms with E-state index in [-0.39, 0.29) is 24.1 Å². The third-order valence-corrected chi connectivity index (χ3v) is 7.23. The second-order valence-electron chi connectivity index (χ2n) is 11.6. The first-order valence-electron chi connectivity index (χ1n) is 13.9. The van der Waals surface area contributed by atoms with E-state index in [2.05, 4.69) is 22.8 Å². The maximum atomic E-state index is 13.7. The van der Waals surface area contributed by atoms with Crippen molar-refractivity contribution < 1.29 is 24.5 Å². The number of phenolic OH excluding ortho intramolecular Hbond substituents is 1. The zero-order valence-corrected chi connectivity index (χ0v) is 23.5. The lowest BCUT2D eigenvalue weighted by atomic mass is 9.88. The first-order valence-corrected chi connectivity index (χ1v) is 13.9. The summed E-state index contributed by atoms with van der Waals surface area (Å²) in [5.74, 6) is -0.563. The van der Waals surface area contributed by atoms with Crippen LogP contribution in [0.2, 0.25) is 0 Å². The molecule has 2 amide bonds. The topological polar surface area (TPSA) is 108 Å². The minimum Gasteiger partial charge on any atom is -0.508 e. The van der Waals surface area contributed by atoms with E-state index < -0.39 is 29.8 Å². The average molecular weight is 545 g/mol. The molecule has 0 aromatic heterocycles. The van der Waals surface area contributed by atoms with Crippen molar-refractivity contribution in [2.24, 2.45) is 5.92 Å². The molecule has 4 N–H and O–H groups in total. The van der Waals surface area contributed by atoms with E-state index >= 15 is 0 Å². The van der Waals surface area contributed by atoms with E-state index in [1.807, 2.05) is 42.5 Å². The largest absolute Gasteiger partial charge is 0.508 e. The Morgan fingerprint density at radius 2 is 1.57 bits per heavy atom. The van der Waals surface area contributed by atoms with Crippen molar-refractivity contribution in [2.75, 3.05) is 0 Å². The van der Waals surface area contributed by atoms with E-state index in [1.165, 1.54) is 5.56 Å². The molecule has 0 aliphatic heterocycles. The van der Waals surface area contributed by atoms with Crippen molar-refractivity contribution in [3.8, 4) is 5.75 Å². The molecule has 7 nitrogen and oxygen atoms in total. The van der Waals surface area contributed by atoms with Crippen molar-refractivity contribution in [3.63, 3.8) is 0 Å². The molecule has 0 radical (unpaired) electrons. The molecule has 0 heterocycles. The van der Waals surface area contributed by atoms with Crippen LogP contribution in [0.3, 0.4) is 0 Å². The van der Waals surface area contributed by atoms with Gasteiger partial charge in [-0.15, -0.1) is 0 Å². The molecule has 3 aromatic rings. The van der Waals surface area contributed by atoms with Crippen LogP contribution in [0.15, 0.2) is 78.9 Å². The molecule has 7 heteroatoms. The van der Waals surface area contributed by atoms with Crippen molar-refractivity contribution >= 4 is 12.0 Å². The van der Waals surface area contributed by atoms with Gasteiger partial charge in [0, 0.05) is 5.92 Å². The van der Waals surface area contributed by atoms with Crippen molar-refractivity contribution in [1.82, 2.24) is 10.6 Å². The number of rotatable bonds is 10.